The first kappa shape index (κ1) is 15.7. The van der Waals surface area contributed by atoms with Crippen LogP contribution < -0.4 is 4.57 Å². The fourth-order valence-electron chi connectivity index (χ4n) is 0.905. The first-order chi connectivity index (χ1) is 7.54. The molecule has 0 atom stereocenters. The van der Waals surface area contributed by atoms with Gasteiger partial charge in [-0.15, -0.1) is 0 Å². The first-order valence-electron chi connectivity index (χ1n) is 4.06. The zero-order chi connectivity index (χ0) is 13.8. The summed E-state index contributed by atoms with van der Waals surface area (Å²) in [6.07, 6.45) is 1.85. The number of hydrogen-bond donors (Lipinski definition) is 0. The predicted octanol–water partition coefficient (Wildman–Crippen LogP) is 3.17. The van der Waals surface area contributed by atoms with Crippen molar-refractivity contribution in [1.82, 2.24) is 4.57 Å². The summed E-state index contributed by atoms with van der Waals surface area (Å²) in [6.45, 7) is -4.34. The second-order valence-corrected chi connectivity index (χ2v) is 2.71. The maximum atomic E-state index is 12.0. The molecule has 0 radical (unpaired) electrons. The van der Waals surface area contributed by atoms with Crippen molar-refractivity contribution in [2.45, 2.75) is 20.0 Å². The van der Waals surface area contributed by atoms with Crippen LogP contribution in [0.1, 0.15) is 18.9 Å². The average Bonchev–Trinajstić information content (AvgIpc) is 2.43. The molecule has 0 aliphatic carbocycles. The van der Waals surface area contributed by atoms with Gasteiger partial charge < -0.3 is 17.3 Å². The minimum Gasteiger partial charge on any atom is -0.418 e. The van der Waals surface area contributed by atoms with Crippen LogP contribution in [0.4, 0.5) is 34.8 Å². The van der Waals surface area contributed by atoms with Crippen molar-refractivity contribution in [3.63, 3.8) is 0 Å². The number of halogens is 8. The Morgan fingerprint density at radius 3 is 1.71 bits per heavy atom. The smallest absolute Gasteiger partial charge is 0.418 e. The largest absolute Gasteiger partial charge is 0.673 e. The molecule has 1 heterocycles. The van der Waals surface area contributed by atoms with Gasteiger partial charge in [0, 0.05) is 6.92 Å². The van der Waals surface area contributed by atoms with Gasteiger partial charge in [0.25, 0.3) is 5.82 Å². The molecular formula is C6H7BF8N2. The van der Waals surface area contributed by atoms with E-state index in [9.17, 15) is 34.8 Å². The van der Waals surface area contributed by atoms with Gasteiger partial charge in [0.15, 0.2) is 0 Å². The van der Waals surface area contributed by atoms with Crippen LogP contribution in [0.5, 0.6) is 0 Å². The second-order valence-electron chi connectivity index (χ2n) is 2.71. The molecule has 0 saturated carbocycles. The molecule has 0 amide bonds. The molecule has 0 aliphatic rings. The highest BCUT2D eigenvalue weighted by atomic mass is 19.5. The van der Waals surface area contributed by atoms with Gasteiger partial charge in [-0.05, 0) is 0 Å². The second kappa shape index (κ2) is 5.87. The summed E-state index contributed by atoms with van der Waals surface area (Å²) < 4.78 is 88.0. The van der Waals surface area contributed by atoms with E-state index >= 15 is 0 Å². The standard InChI is InChI=1S/C6H7F4N2.BF4/c1-4-11(5(7)8)2-3-12(4)6(9)10;2-1(3,4)5/h2-3,5-6H,1H3;/q+1;-1. The monoisotopic (exact) mass is 270 g/mol. The van der Waals surface area contributed by atoms with E-state index in [-0.39, 0.29) is 5.82 Å². The maximum Gasteiger partial charge on any atom is 0.673 e. The Bertz CT molecular complexity index is 315. The third-order valence-electron chi connectivity index (χ3n) is 1.56. The lowest BCUT2D eigenvalue weighted by atomic mass is 10.3. The summed E-state index contributed by atoms with van der Waals surface area (Å²) in [5.41, 5.74) is 0. The maximum absolute atomic E-state index is 12.0. The van der Waals surface area contributed by atoms with Crippen LogP contribution in [0.2, 0.25) is 0 Å². The van der Waals surface area contributed by atoms with Crippen molar-refractivity contribution in [3.05, 3.63) is 18.2 Å². The van der Waals surface area contributed by atoms with E-state index in [0.29, 0.717) is 9.13 Å². The van der Waals surface area contributed by atoms with Gasteiger partial charge in [-0.2, -0.15) is 26.7 Å². The summed E-state index contributed by atoms with van der Waals surface area (Å²) in [4.78, 5) is 0. The Hall–Kier alpha value is -1.29. The number of hydrogen-bond acceptors (Lipinski definition) is 0. The van der Waals surface area contributed by atoms with Crippen LogP contribution >= 0.6 is 0 Å². The highest BCUT2D eigenvalue weighted by Gasteiger charge is 2.24. The first-order valence-corrected chi connectivity index (χ1v) is 4.06. The number of rotatable bonds is 2. The molecule has 0 aromatic carbocycles. The summed E-state index contributed by atoms with van der Waals surface area (Å²) in [5.74, 6) is -0.167. The van der Waals surface area contributed by atoms with Crippen LogP contribution in [-0.4, -0.2) is 11.8 Å². The SMILES string of the molecule is Cc1n(C(F)F)cc[n+]1C(F)F.F[B-](F)(F)F. The molecule has 100 valence electrons. The summed E-state index contributed by atoms with van der Waals surface area (Å²) in [7, 11) is -6.00. The lowest BCUT2D eigenvalue weighted by Gasteiger charge is -1.97. The van der Waals surface area contributed by atoms with Gasteiger partial charge in [0.05, 0.1) is 0 Å². The lowest BCUT2D eigenvalue weighted by molar-refractivity contribution is -0.778. The molecular weight excluding hydrogens is 263 g/mol. The van der Waals surface area contributed by atoms with Crippen molar-refractivity contribution in [3.8, 4) is 0 Å². The molecule has 1 aromatic rings. The molecule has 0 saturated heterocycles. The van der Waals surface area contributed by atoms with E-state index in [1.54, 1.807) is 0 Å². The summed E-state index contributed by atoms with van der Waals surface area (Å²) in [5, 5.41) is 0. The minimum absolute atomic E-state index is 0.167. The molecule has 11 heteroatoms. The van der Waals surface area contributed by atoms with Crippen LogP contribution in [0.3, 0.4) is 0 Å². The van der Waals surface area contributed by atoms with Crippen molar-refractivity contribution in [1.29, 1.82) is 0 Å². The highest BCUT2D eigenvalue weighted by molar-refractivity contribution is 6.50. The van der Waals surface area contributed by atoms with E-state index in [1.807, 2.05) is 0 Å². The van der Waals surface area contributed by atoms with Gasteiger partial charge in [-0.1, -0.05) is 0 Å². The van der Waals surface area contributed by atoms with Crippen LogP contribution in [-0.2, 0) is 0 Å². The van der Waals surface area contributed by atoms with Gasteiger partial charge >= 0.3 is 20.4 Å². The lowest BCUT2D eigenvalue weighted by Crippen LogP contribution is -2.36. The van der Waals surface area contributed by atoms with Gasteiger partial charge in [-0.3, -0.25) is 0 Å². The van der Waals surface area contributed by atoms with Crippen LogP contribution in [0.25, 0.3) is 0 Å². The molecule has 0 unspecified atom stereocenters. The Morgan fingerprint density at radius 1 is 1.12 bits per heavy atom. The summed E-state index contributed by atoms with van der Waals surface area (Å²) >= 11 is 0. The third kappa shape index (κ3) is 6.12. The third-order valence-corrected chi connectivity index (χ3v) is 1.56. The molecule has 1 aromatic heterocycles. The molecule has 0 aliphatic heterocycles. The molecule has 2 nitrogen and oxygen atoms in total. The molecule has 17 heavy (non-hydrogen) atoms. The van der Waals surface area contributed by atoms with E-state index in [1.165, 1.54) is 6.92 Å². The average molecular weight is 270 g/mol. The highest BCUT2D eigenvalue weighted by Crippen LogP contribution is 2.12. The van der Waals surface area contributed by atoms with Crippen molar-refractivity contribution >= 4 is 7.25 Å². The van der Waals surface area contributed by atoms with Crippen molar-refractivity contribution < 1.29 is 39.4 Å². The van der Waals surface area contributed by atoms with E-state index < -0.39 is 20.4 Å². The van der Waals surface area contributed by atoms with Crippen molar-refractivity contribution in [2.24, 2.45) is 0 Å². The van der Waals surface area contributed by atoms with Gasteiger partial charge in [-0.25, -0.2) is 0 Å². The molecule has 0 fully saturated rings. The number of aromatic nitrogens is 2. The number of nitrogens with zero attached hydrogens (tertiary/aromatic N) is 2. The minimum atomic E-state index is -6.00. The fraction of sp³-hybridized carbons (Fsp3) is 0.500. The van der Waals surface area contributed by atoms with Gasteiger partial charge in [0.2, 0.25) is 0 Å². The Labute approximate surface area is 90.6 Å². The molecule has 1 rings (SSSR count). The van der Waals surface area contributed by atoms with Crippen LogP contribution in [0.15, 0.2) is 12.4 Å². The summed E-state index contributed by atoms with van der Waals surface area (Å²) in [6, 6.07) is 0. The quantitative estimate of drug-likeness (QED) is 0.443. The Kier molecular flexibility index (Phi) is 5.43. The normalized spacial score (nSPS) is 11.7. The predicted molar refractivity (Wildman–Crippen MR) is 42.1 cm³/mol. The van der Waals surface area contributed by atoms with Crippen LogP contribution in [0, 0.1) is 6.92 Å². The molecule has 0 spiro atoms. The zero-order valence-electron chi connectivity index (χ0n) is 8.30. The van der Waals surface area contributed by atoms with E-state index in [4.69, 9.17) is 0 Å². The number of alkyl halides is 4. The van der Waals surface area contributed by atoms with Gasteiger partial charge in [0.1, 0.15) is 12.4 Å². The molecule has 0 bridgehead atoms. The van der Waals surface area contributed by atoms with E-state index in [0.717, 1.165) is 12.4 Å². The zero-order valence-corrected chi connectivity index (χ0v) is 8.30. The van der Waals surface area contributed by atoms with E-state index in [2.05, 4.69) is 0 Å². The Balaban J connectivity index is 0.000000437. The van der Waals surface area contributed by atoms with Crippen molar-refractivity contribution in [2.75, 3.05) is 0 Å². The number of imidazole rings is 1. The molecule has 0 N–H and O–H groups in total. The topological polar surface area (TPSA) is 8.81 Å². The fourth-order valence-corrected chi connectivity index (χ4v) is 0.905. The Morgan fingerprint density at radius 2 is 1.53 bits per heavy atom.